The Morgan fingerprint density at radius 2 is 1.79 bits per heavy atom. The van der Waals surface area contributed by atoms with Crippen LogP contribution in [0.2, 0.25) is 0 Å². The van der Waals surface area contributed by atoms with Crippen LogP contribution in [0.4, 0.5) is 30.5 Å². The SMILES string of the molecule is CN(c1ccccc1F)c1nc(NN)c(F)cc1F. The topological polar surface area (TPSA) is 54.2 Å². The Balaban J connectivity index is 2.50. The molecule has 0 amide bonds. The molecule has 3 N–H and O–H groups in total. The number of hydrazine groups is 1. The molecule has 1 heterocycles. The second-order valence-electron chi connectivity index (χ2n) is 3.78. The maximum Gasteiger partial charge on any atom is 0.178 e. The zero-order valence-corrected chi connectivity index (χ0v) is 9.99. The molecule has 0 spiro atoms. The predicted octanol–water partition coefficient (Wildman–Crippen LogP) is 2.55. The van der Waals surface area contributed by atoms with Crippen LogP contribution in [0.1, 0.15) is 0 Å². The van der Waals surface area contributed by atoms with Gasteiger partial charge < -0.3 is 10.3 Å². The van der Waals surface area contributed by atoms with Crippen molar-refractivity contribution >= 4 is 17.3 Å². The van der Waals surface area contributed by atoms with Gasteiger partial charge >= 0.3 is 0 Å². The number of rotatable bonds is 3. The zero-order valence-electron chi connectivity index (χ0n) is 9.99. The summed E-state index contributed by atoms with van der Waals surface area (Å²) in [6.45, 7) is 0. The third kappa shape index (κ3) is 2.45. The minimum absolute atomic E-state index is 0.114. The van der Waals surface area contributed by atoms with Gasteiger partial charge in [-0.15, -0.1) is 0 Å². The number of nitrogens with two attached hydrogens (primary N) is 1. The molecule has 2 rings (SSSR count). The molecule has 0 unspecified atom stereocenters. The van der Waals surface area contributed by atoms with Crippen LogP contribution in [0.25, 0.3) is 0 Å². The second-order valence-corrected chi connectivity index (χ2v) is 3.78. The molecule has 1 aromatic heterocycles. The molecule has 0 saturated heterocycles. The van der Waals surface area contributed by atoms with Gasteiger partial charge in [-0.3, -0.25) is 0 Å². The minimum Gasteiger partial charge on any atom is -0.324 e. The van der Waals surface area contributed by atoms with Gasteiger partial charge in [0.1, 0.15) is 5.82 Å². The van der Waals surface area contributed by atoms with Gasteiger partial charge in [0.15, 0.2) is 23.3 Å². The Kier molecular flexibility index (Phi) is 3.57. The summed E-state index contributed by atoms with van der Waals surface area (Å²) in [4.78, 5) is 4.85. The summed E-state index contributed by atoms with van der Waals surface area (Å²) in [6.07, 6.45) is 0. The number of nitrogens with one attached hydrogen (secondary N) is 1. The Morgan fingerprint density at radius 1 is 1.11 bits per heavy atom. The summed E-state index contributed by atoms with van der Waals surface area (Å²) in [6, 6.07) is 6.42. The van der Waals surface area contributed by atoms with Crippen molar-refractivity contribution in [1.29, 1.82) is 0 Å². The molecule has 0 aliphatic rings. The van der Waals surface area contributed by atoms with Crippen LogP contribution in [-0.2, 0) is 0 Å². The fourth-order valence-electron chi connectivity index (χ4n) is 1.63. The first kappa shape index (κ1) is 13.2. The summed E-state index contributed by atoms with van der Waals surface area (Å²) < 4.78 is 40.6. The fraction of sp³-hybridized carbons (Fsp3) is 0.0833. The molecule has 0 bridgehead atoms. The van der Waals surface area contributed by atoms with Gasteiger partial charge in [-0.2, -0.15) is 0 Å². The number of hydrogen-bond donors (Lipinski definition) is 2. The van der Waals surface area contributed by atoms with Crippen molar-refractivity contribution in [2.24, 2.45) is 5.84 Å². The van der Waals surface area contributed by atoms with Crippen LogP contribution < -0.4 is 16.2 Å². The summed E-state index contributed by atoms with van der Waals surface area (Å²) in [5.74, 6) is 2.13. The zero-order chi connectivity index (χ0) is 14.0. The van der Waals surface area contributed by atoms with Crippen molar-refractivity contribution in [2.75, 3.05) is 17.4 Å². The summed E-state index contributed by atoms with van der Waals surface area (Å²) >= 11 is 0. The third-order valence-electron chi connectivity index (χ3n) is 2.58. The van der Waals surface area contributed by atoms with E-state index in [1.54, 1.807) is 6.07 Å². The van der Waals surface area contributed by atoms with Crippen LogP contribution in [0.15, 0.2) is 30.3 Å². The highest BCUT2D eigenvalue weighted by Crippen LogP contribution is 2.28. The lowest BCUT2D eigenvalue weighted by Crippen LogP contribution is -2.18. The van der Waals surface area contributed by atoms with E-state index >= 15 is 0 Å². The molecule has 4 nitrogen and oxygen atoms in total. The number of halogens is 3. The molecule has 7 heteroatoms. The molecule has 0 radical (unpaired) electrons. The van der Waals surface area contributed by atoms with Crippen LogP contribution in [0.3, 0.4) is 0 Å². The van der Waals surface area contributed by atoms with Gasteiger partial charge in [0.2, 0.25) is 0 Å². The maximum atomic E-state index is 13.7. The van der Waals surface area contributed by atoms with Gasteiger partial charge in [0, 0.05) is 13.1 Å². The van der Waals surface area contributed by atoms with E-state index in [9.17, 15) is 13.2 Å². The summed E-state index contributed by atoms with van der Waals surface area (Å²) in [7, 11) is 1.42. The first-order chi connectivity index (χ1) is 9.04. The number of benzene rings is 1. The monoisotopic (exact) mass is 268 g/mol. The highest BCUT2D eigenvalue weighted by atomic mass is 19.1. The molecular weight excluding hydrogens is 257 g/mol. The van der Waals surface area contributed by atoms with Gasteiger partial charge in [0.05, 0.1) is 5.69 Å². The first-order valence-electron chi connectivity index (χ1n) is 5.35. The van der Waals surface area contributed by atoms with Crippen molar-refractivity contribution in [3.63, 3.8) is 0 Å². The predicted molar refractivity (Wildman–Crippen MR) is 66.4 cm³/mol. The van der Waals surface area contributed by atoms with Crippen LogP contribution in [0.5, 0.6) is 0 Å². The molecule has 19 heavy (non-hydrogen) atoms. The van der Waals surface area contributed by atoms with E-state index < -0.39 is 17.5 Å². The van der Waals surface area contributed by atoms with Gasteiger partial charge in [-0.1, -0.05) is 12.1 Å². The lowest BCUT2D eigenvalue weighted by molar-refractivity contribution is 0.575. The smallest absolute Gasteiger partial charge is 0.178 e. The molecular formula is C12H11F3N4. The van der Waals surface area contributed by atoms with Gasteiger partial charge in [0.25, 0.3) is 0 Å². The molecule has 0 atom stereocenters. The van der Waals surface area contributed by atoms with E-state index in [1.165, 1.54) is 30.1 Å². The Bertz CT molecular complexity index is 604. The molecule has 0 aliphatic carbocycles. The van der Waals surface area contributed by atoms with Crippen LogP contribution in [0, 0.1) is 17.5 Å². The average Bonchev–Trinajstić information content (AvgIpc) is 2.39. The Morgan fingerprint density at radius 3 is 2.42 bits per heavy atom. The summed E-state index contributed by atoms with van der Waals surface area (Å²) in [5.41, 5.74) is 2.12. The number of nitrogens with zero attached hydrogens (tertiary/aromatic N) is 2. The third-order valence-corrected chi connectivity index (χ3v) is 2.58. The maximum absolute atomic E-state index is 13.7. The fourth-order valence-corrected chi connectivity index (χ4v) is 1.63. The highest BCUT2D eigenvalue weighted by Gasteiger charge is 2.17. The molecule has 0 fully saturated rings. The Hall–Kier alpha value is -2.28. The van der Waals surface area contributed by atoms with E-state index in [1.807, 2.05) is 5.43 Å². The molecule has 0 aliphatic heterocycles. The van der Waals surface area contributed by atoms with Crippen molar-refractivity contribution in [3.05, 3.63) is 47.8 Å². The van der Waals surface area contributed by atoms with E-state index in [0.29, 0.717) is 6.07 Å². The van der Waals surface area contributed by atoms with E-state index in [0.717, 1.165) is 0 Å². The number of para-hydroxylation sites is 1. The summed E-state index contributed by atoms with van der Waals surface area (Å²) in [5, 5.41) is 0. The van der Waals surface area contributed by atoms with Gasteiger partial charge in [-0.05, 0) is 12.1 Å². The lowest BCUT2D eigenvalue weighted by Gasteiger charge is -2.20. The standard InChI is InChI=1S/C12H11F3N4/c1-19(10-5-3-2-4-7(10)13)12-9(15)6-8(14)11(17-12)18-16/h2-6H,16H2,1H3,(H,17,18). The normalized spacial score (nSPS) is 10.4. The van der Waals surface area contributed by atoms with E-state index in [2.05, 4.69) is 4.98 Å². The largest absolute Gasteiger partial charge is 0.324 e. The average molecular weight is 268 g/mol. The van der Waals surface area contributed by atoms with Crippen molar-refractivity contribution in [1.82, 2.24) is 4.98 Å². The minimum atomic E-state index is -0.925. The number of anilines is 3. The Labute approximate surface area is 107 Å². The molecule has 100 valence electrons. The number of nitrogen functional groups attached to an aromatic ring is 1. The van der Waals surface area contributed by atoms with Gasteiger partial charge in [-0.25, -0.2) is 24.0 Å². The van der Waals surface area contributed by atoms with Crippen molar-refractivity contribution in [2.45, 2.75) is 0 Å². The molecule has 2 aromatic rings. The van der Waals surface area contributed by atoms with E-state index in [-0.39, 0.29) is 17.3 Å². The second kappa shape index (κ2) is 5.15. The molecule has 1 aromatic carbocycles. The van der Waals surface area contributed by atoms with Crippen LogP contribution in [-0.4, -0.2) is 12.0 Å². The number of aromatic nitrogens is 1. The first-order valence-corrected chi connectivity index (χ1v) is 5.35. The lowest BCUT2D eigenvalue weighted by atomic mass is 10.2. The van der Waals surface area contributed by atoms with Crippen molar-refractivity contribution in [3.8, 4) is 0 Å². The number of hydrogen-bond acceptors (Lipinski definition) is 4. The van der Waals surface area contributed by atoms with E-state index in [4.69, 9.17) is 5.84 Å². The van der Waals surface area contributed by atoms with Crippen LogP contribution >= 0.6 is 0 Å². The molecule has 0 saturated carbocycles. The van der Waals surface area contributed by atoms with Crippen molar-refractivity contribution < 1.29 is 13.2 Å². The quantitative estimate of drug-likeness (QED) is 0.663. The number of pyridine rings is 1. The highest BCUT2D eigenvalue weighted by molar-refractivity contribution is 5.62.